The Labute approximate surface area is 197 Å². The number of aromatic hydroxyl groups is 1. The average molecular weight is 508 g/mol. The molecule has 0 aromatic heterocycles. The molecule has 1 aliphatic rings. The summed E-state index contributed by atoms with van der Waals surface area (Å²) in [6.45, 7) is 0. The zero-order valence-electron chi connectivity index (χ0n) is 16.4. The van der Waals surface area contributed by atoms with Crippen molar-refractivity contribution in [2.24, 2.45) is 20.2 Å². The van der Waals surface area contributed by atoms with E-state index in [-0.39, 0.29) is 27.8 Å². The predicted molar refractivity (Wildman–Crippen MR) is 128 cm³/mol. The van der Waals surface area contributed by atoms with Gasteiger partial charge in [-0.05, 0) is 53.4 Å². The number of amidine groups is 1. The quantitative estimate of drug-likeness (QED) is 0.115. The van der Waals surface area contributed by atoms with Gasteiger partial charge in [-0.1, -0.05) is 23.7 Å². The molecule has 3 aromatic rings. The fraction of sp³-hybridized carbons (Fsp3) is 0.0526. The van der Waals surface area contributed by atoms with Crippen LogP contribution in [0.15, 0.2) is 73.6 Å². The highest BCUT2D eigenvalue weighted by Gasteiger charge is 2.22. The van der Waals surface area contributed by atoms with Crippen molar-refractivity contribution in [3.05, 3.63) is 48.5 Å². The molecule has 0 bridgehead atoms. The fourth-order valence-electron chi connectivity index (χ4n) is 3.04. The van der Waals surface area contributed by atoms with Gasteiger partial charge in [0.1, 0.15) is 16.3 Å². The van der Waals surface area contributed by atoms with Gasteiger partial charge in [0.05, 0.1) is 11.4 Å². The molecule has 1 atom stereocenters. The van der Waals surface area contributed by atoms with Crippen molar-refractivity contribution in [3.63, 3.8) is 0 Å². The summed E-state index contributed by atoms with van der Waals surface area (Å²) in [6.07, 6.45) is 0. The minimum atomic E-state index is -4.67. The highest BCUT2D eigenvalue weighted by Crippen LogP contribution is 2.41. The van der Waals surface area contributed by atoms with Crippen LogP contribution in [0.3, 0.4) is 0 Å². The first-order valence-corrected chi connectivity index (χ1v) is 11.4. The van der Waals surface area contributed by atoms with Crippen LogP contribution in [0, 0.1) is 0 Å². The molecule has 0 fully saturated rings. The second-order valence-electron chi connectivity index (χ2n) is 6.69. The van der Waals surface area contributed by atoms with E-state index < -0.39 is 20.6 Å². The van der Waals surface area contributed by atoms with E-state index in [0.717, 1.165) is 0 Å². The number of alkyl halides is 1. The first-order valence-electron chi connectivity index (χ1n) is 9.14. The zero-order chi connectivity index (χ0) is 23.8. The van der Waals surface area contributed by atoms with Gasteiger partial charge in [-0.3, -0.25) is 4.55 Å². The standard InChI is InChI=1S/C19H15Cl2N7O4S/c20-17-24-18(21)26-19(25-17)23-10-4-6-11(7-5-10)27-28-16-13(33(30,31)32)8-9-2-1-3-12(29)14(9)15(16)22/h1-8,17,29H,22H2,(H,30,31,32)(H2,23,24,25,26). The number of aliphatic imine (C=N–C) groups is 2. The summed E-state index contributed by atoms with van der Waals surface area (Å²) in [5, 5.41) is 24.4. The molecule has 0 saturated carbocycles. The number of anilines is 2. The van der Waals surface area contributed by atoms with Crippen LogP contribution >= 0.6 is 23.2 Å². The lowest BCUT2D eigenvalue weighted by Gasteiger charge is -2.16. The predicted octanol–water partition coefficient (Wildman–Crippen LogP) is 4.28. The molecule has 1 unspecified atom stereocenters. The molecule has 170 valence electrons. The third-order valence-corrected chi connectivity index (χ3v) is 5.72. The van der Waals surface area contributed by atoms with Crippen molar-refractivity contribution >= 4 is 78.1 Å². The van der Waals surface area contributed by atoms with Gasteiger partial charge in [0, 0.05) is 11.1 Å². The normalized spacial score (nSPS) is 16.4. The molecule has 3 aromatic carbocycles. The van der Waals surface area contributed by atoms with E-state index in [1.165, 1.54) is 18.2 Å². The summed E-state index contributed by atoms with van der Waals surface area (Å²) in [5.41, 5.74) is 5.76. The first kappa shape index (κ1) is 22.7. The van der Waals surface area contributed by atoms with Gasteiger partial charge >= 0.3 is 0 Å². The maximum atomic E-state index is 11.9. The van der Waals surface area contributed by atoms with Crippen molar-refractivity contribution < 1.29 is 18.1 Å². The maximum absolute atomic E-state index is 11.9. The number of phenolic OH excluding ortho intramolecular Hbond substituents is 1. The lowest BCUT2D eigenvalue weighted by molar-refractivity contribution is 0.480. The molecule has 14 heteroatoms. The van der Waals surface area contributed by atoms with Crippen LogP contribution in [0.2, 0.25) is 0 Å². The maximum Gasteiger partial charge on any atom is 0.296 e. The third-order valence-electron chi connectivity index (χ3n) is 4.47. The van der Waals surface area contributed by atoms with E-state index in [4.69, 9.17) is 28.9 Å². The van der Waals surface area contributed by atoms with Crippen LogP contribution < -0.4 is 16.4 Å². The van der Waals surface area contributed by atoms with Gasteiger partial charge in [-0.15, -0.1) is 5.11 Å². The minimum Gasteiger partial charge on any atom is -0.507 e. The first-order chi connectivity index (χ1) is 15.6. The summed E-state index contributed by atoms with van der Waals surface area (Å²) in [6, 6.07) is 12.1. The van der Waals surface area contributed by atoms with E-state index in [2.05, 4.69) is 30.8 Å². The second kappa shape index (κ2) is 8.83. The number of nitrogen functional groups attached to an aromatic ring is 1. The Kier molecular flexibility index (Phi) is 6.08. The summed E-state index contributed by atoms with van der Waals surface area (Å²) in [7, 11) is -4.67. The Morgan fingerprint density at radius 1 is 1.12 bits per heavy atom. The van der Waals surface area contributed by atoms with Crippen molar-refractivity contribution in [1.82, 2.24) is 5.32 Å². The monoisotopic (exact) mass is 507 g/mol. The number of benzene rings is 3. The molecule has 1 heterocycles. The van der Waals surface area contributed by atoms with Gasteiger partial charge < -0.3 is 21.5 Å². The third kappa shape index (κ3) is 4.98. The lowest BCUT2D eigenvalue weighted by atomic mass is 10.1. The number of hydrogen-bond acceptors (Lipinski definition) is 10. The summed E-state index contributed by atoms with van der Waals surface area (Å²) >= 11 is 11.7. The topological polar surface area (TPSA) is 174 Å². The molecule has 11 nitrogen and oxygen atoms in total. The van der Waals surface area contributed by atoms with Crippen molar-refractivity contribution in [1.29, 1.82) is 0 Å². The molecule has 6 N–H and O–H groups in total. The molecular formula is C19H15Cl2N7O4S. The van der Waals surface area contributed by atoms with Gasteiger partial charge in [-0.2, -0.15) is 13.5 Å². The number of fused-ring (bicyclic) bond motifs is 1. The highest BCUT2D eigenvalue weighted by molar-refractivity contribution is 7.86. The van der Waals surface area contributed by atoms with Crippen LogP contribution in [-0.2, 0) is 10.1 Å². The summed E-state index contributed by atoms with van der Waals surface area (Å²) in [5.74, 6) is 0.133. The Morgan fingerprint density at radius 3 is 2.52 bits per heavy atom. The highest BCUT2D eigenvalue weighted by atomic mass is 35.5. The number of guanidine groups is 1. The lowest BCUT2D eigenvalue weighted by Crippen LogP contribution is -2.37. The van der Waals surface area contributed by atoms with E-state index in [1.54, 1.807) is 30.3 Å². The number of nitrogens with zero attached hydrogens (tertiary/aromatic N) is 4. The van der Waals surface area contributed by atoms with Crippen molar-refractivity contribution in [2.75, 3.05) is 11.1 Å². The Hall–Kier alpha value is -3.45. The van der Waals surface area contributed by atoms with E-state index in [0.29, 0.717) is 22.7 Å². The van der Waals surface area contributed by atoms with E-state index in [9.17, 15) is 18.1 Å². The van der Waals surface area contributed by atoms with Gasteiger partial charge in [0.2, 0.25) is 16.9 Å². The van der Waals surface area contributed by atoms with Gasteiger partial charge in [0.15, 0.2) is 0 Å². The number of hydrogen-bond donors (Lipinski definition) is 5. The number of azo groups is 1. The van der Waals surface area contributed by atoms with Gasteiger partial charge in [-0.25, -0.2) is 9.98 Å². The SMILES string of the molecule is Nc1c(N=Nc2ccc(NC3=NC(Cl)N=C(Cl)N3)cc2)c(S(=O)(=O)O)cc2cccc(O)c12. The number of nitrogens with one attached hydrogen (secondary N) is 2. The van der Waals surface area contributed by atoms with Crippen LogP contribution in [0.25, 0.3) is 10.8 Å². The number of rotatable bonds is 4. The molecule has 0 amide bonds. The second-order valence-corrected chi connectivity index (χ2v) is 8.83. The zero-order valence-corrected chi connectivity index (χ0v) is 18.8. The van der Waals surface area contributed by atoms with E-state index >= 15 is 0 Å². The molecule has 0 radical (unpaired) electrons. The summed E-state index contributed by atoms with van der Waals surface area (Å²) in [4.78, 5) is 7.29. The van der Waals surface area contributed by atoms with Crippen LogP contribution in [-0.4, -0.2) is 35.0 Å². The molecule has 33 heavy (non-hydrogen) atoms. The molecule has 1 aliphatic heterocycles. The number of nitrogens with two attached hydrogens (primary N) is 1. The average Bonchev–Trinajstić information content (AvgIpc) is 2.72. The summed E-state index contributed by atoms with van der Waals surface area (Å²) < 4.78 is 33.5. The number of phenols is 1. The minimum absolute atomic E-state index is 0.0894. The van der Waals surface area contributed by atoms with Crippen LogP contribution in [0.5, 0.6) is 5.75 Å². The molecule has 0 aliphatic carbocycles. The molecule has 0 spiro atoms. The Morgan fingerprint density at radius 2 is 1.85 bits per heavy atom. The molecular weight excluding hydrogens is 493 g/mol. The van der Waals surface area contributed by atoms with Crippen molar-refractivity contribution in [3.8, 4) is 5.75 Å². The van der Waals surface area contributed by atoms with Crippen molar-refractivity contribution in [2.45, 2.75) is 10.5 Å². The van der Waals surface area contributed by atoms with Gasteiger partial charge in [0.25, 0.3) is 10.1 Å². The van der Waals surface area contributed by atoms with Crippen LogP contribution in [0.4, 0.5) is 22.7 Å². The fourth-order valence-corrected chi connectivity index (χ4v) is 4.14. The van der Waals surface area contributed by atoms with Crippen LogP contribution in [0.1, 0.15) is 0 Å². The smallest absolute Gasteiger partial charge is 0.296 e. The van der Waals surface area contributed by atoms with E-state index in [1.807, 2.05) is 0 Å². The molecule has 4 rings (SSSR count). The Bertz CT molecular complexity index is 1440. The Balaban J connectivity index is 1.65. The largest absolute Gasteiger partial charge is 0.507 e. The molecule has 0 saturated heterocycles. The number of halogens is 2.